The van der Waals surface area contributed by atoms with E-state index in [4.69, 9.17) is 4.74 Å². The molecule has 0 aromatic heterocycles. The number of hydrogen-bond acceptors (Lipinski definition) is 6. The van der Waals surface area contributed by atoms with Gasteiger partial charge in [-0.05, 0) is 82.7 Å². The summed E-state index contributed by atoms with van der Waals surface area (Å²) in [5.74, 6) is -0.239. The predicted octanol–water partition coefficient (Wildman–Crippen LogP) is 4.59. The molecule has 2 aromatic rings. The highest BCUT2D eigenvalue weighted by atomic mass is 79.9. The highest BCUT2D eigenvalue weighted by molar-refractivity contribution is 9.10. The molecular weight excluding hydrogens is 482 g/mol. The van der Waals surface area contributed by atoms with Crippen molar-refractivity contribution in [2.24, 2.45) is 0 Å². The number of rotatable bonds is 7. The Morgan fingerprint density at radius 2 is 1.90 bits per heavy atom. The van der Waals surface area contributed by atoms with E-state index in [1.165, 1.54) is 0 Å². The lowest BCUT2D eigenvalue weighted by Gasteiger charge is -2.14. The lowest BCUT2D eigenvalue weighted by molar-refractivity contribution is -0.127. The van der Waals surface area contributed by atoms with Crippen LogP contribution in [0, 0.1) is 0 Å². The smallest absolute Gasteiger partial charge is 0.294 e. The fourth-order valence-electron chi connectivity index (χ4n) is 2.91. The van der Waals surface area contributed by atoms with Crippen molar-refractivity contribution in [1.82, 2.24) is 4.90 Å². The summed E-state index contributed by atoms with van der Waals surface area (Å²) in [6.45, 7) is 2.09. The monoisotopic (exact) mass is 503 g/mol. The second kappa shape index (κ2) is 10.0. The third-order valence-corrected chi connectivity index (χ3v) is 5.92. The molecule has 0 aliphatic carbocycles. The molecule has 1 aliphatic heterocycles. The Morgan fingerprint density at radius 3 is 2.52 bits per heavy atom. The van der Waals surface area contributed by atoms with Gasteiger partial charge in [0, 0.05) is 24.3 Å². The minimum atomic E-state index is -0.482. The number of carbonyl (C=O) groups excluding carboxylic acids is 3. The van der Waals surface area contributed by atoms with Crippen LogP contribution >= 0.6 is 27.7 Å². The molecule has 9 heteroatoms. The summed E-state index contributed by atoms with van der Waals surface area (Å²) in [4.78, 5) is 40.5. The van der Waals surface area contributed by atoms with Gasteiger partial charge < -0.3 is 15.0 Å². The molecule has 0 atom stereocenters. The molecule has 2 aromatic carbocycles. The zero-order chi connectivity index (χ0) is 22.5. The molecule has 162 valence electrons. The van der Waals surface area contributed by atoms with Gasteiger partial charge in [0.05, 0.1) is 17.2 Å². The van der Waals surface area contributed by atoms with Gasteiger partial charge in [-0.15, -0.1) is 0 Å². The van der Waals surface area contributed by atoms with Crippen LogP contribution in [0.15, 0.2) is 51.8 Å². The van der Waals surface area contributed by atoms with E-state index >= 15 is 0 Å². The number of imide groups is 1. The minimum absolute atomic E-state index is 0.281. The van der Waals surface area contributed by atoms with Crippen LogP contribution in [-0.2, 0) is 9.59 Å². The normalized spacial score (nSPS) is 14.8. The highest BCUT2D eigenvalue weighted by Gasteiger charge is 2.36. The van der Waals surface area contributed by atoms with Crippen LogP contribution in [0.5, 0.6) is 5.75 Å². The van der Waals surface area contributed by atoms with Crippen molar-refractivity contribution in [3.63, 3.8) is 0 Å². The summed E-state index contributed by atoms with van der Waals surface area (Å²) in [6.07, 6.45) is 1.65. The molecule has 3 amide bonds. The van der Waals surface area contributed by atoms with Crippen molar-refractivity contribution >= 4 is 62.2 Å². The number of hydrogen-bond donors (Lipinski definition) is 1. The molecule has 0 radical (unpaired) electrons. The molecule has 3 rings (SSSR count). The Morgan fingerprint density at radius 1 is 1.19 bits per heavy atom. The summed E-state index contributed by atoms with van der Waals surface area (Å²) in [6, 6.07) is 12.5. The second-order valence-electron chi connectivity index (χ2n) is 6.88. The van der Waals surface area contributed by atoms with Crippen LogP contribution in [0.4, 0.5) is 16.2 Å². The molecule has 1 aliphatic rings. The zero-order valence-electron chi connectivity index (χ0n) is 17.3. The number of benzene rings is 2. The van der Waals surface area contributed by atoms with Crippen molar-refractivity contribution in [3.05, 3.63) is 57.4 Å². The van der Waals surface area contributed by atoms with Gasteiger partial charge in [0.1, 0.15) is 12.3 Å². The van der Waals surface area contributed by atoms with Gasteiger partial charge in [0.25, 0.3) is 11.1 Å². The number of ether oxygens (including phenoxy) is 1. The van der Waals surface area contributed by atoms with Crippen molar-refractivity contribution < 1.29 is 19.1 Å². The first kappa shape index (κ1) is 22.9. The predicted molar refractivity (Wildman–Crippen MR) is 127 cm³/mol. The van der Waals surface area contributed by atoms with Crippen molar-refractivity contribution in [2.75, 3.05) is 37.5 Å². The second-order valence-corrected chi connectivity index (χ2v) is 8.73. The van der Waals surface area contributed by atoms with Gasteiger partial charge in [-0.2, -0.15) is 0 Å². The molecule has 1 heterocycles. The average Bonchev–Trinajstić information content (AvgIpc) is 2.97. The maximum atomic E-state index is 12.7. The van der Waals surface area contributed by atoms with E-state index in [0.717, 1.165) is 32.4 Å². The highest BCUT2D eigenvalue weighted by Crippen LogP contribution is 2.33. The molecule has 0 bridgehead atoms. The average molecular weight is 504 g/mol. The summed E-state index contributed by atoms with van der Waals surface area (Å²) in [5.41, 5.74) is 2.33. The molecule has 0 saturated carbocycles. The van der Waals surface area contributed by atoms with E-state index < -0.39 is 17.1 Å². The molecule has 7 nitrogen and oxygen atoms in total. The number of anilines is 2. The number of halogens is 1. The minimum Gasteiger partial charge on any atom is -0.494 e. The molecule has 0 spiro atoms. The van der Waals surface area contributed by atoms with Crippen LogP contribution in [0.25, 0.3) is 6.08 Å². The summed E-state index contributed by atoms with van der Waals surface area (Å²) in [5, 5.41) is 2.22. The summed E-state index contributed by atoms with van der Waals surface area (Å²) < 4.78 is 6.24. The number of nitrogens with one attached hydrogen (secondary N) is 1. The SMILES string of the molecule is CCOc1ccc(NC(=O)CN2C(=O)S/C(=C/c3ccc(N(C)C)c(Br)c3)C2=O)cc1. The Labute approximate surface area is 193 Å². The number of amides is 3. The van der Waals surface area contributed by atoms with Gasteiger partial charge in [-0.1, -0.05) is 6.07 Å². The maximum Gasteiger partial charge on any atom is 0.294 e. The zero-order valence-corrected chi connectivity index (χ0v) is 19.7. The van der Waals surface area contributed by atoms with Crippen LogP contribution in [0.2, 0.25) is 0 Å². The molecule has 0 unspecified atom stereocenters. The van der Waals surface area contributed by atoms with Gasteiger partial charge in [0.15, 0.2) is 0 Å². The third-order valence-electron chi connectivity index (χ3n) is 4.38. The number of nitrogens with zero attached hydrogens (tertiary/aromatic N) is 2. The van der Waals surface area contributed by atoms with Crippen LogP contribution in [0.3, 0.4) is 0 Å². The van der Waals surface area contributed by atoms with Crippen LogP contribution in [0.1, 0.15) is 12.5 Å². The van der Waals surface area contributed by atoms with Gasteiger partial charge in [-0.3, -0.25) is 19.3 Å². The fourth-order valence-corrected chi connectivity index (χ4v) is 4.50. The van der Waals surface area contributed by atoms with E-state index in [1.54, 1.807) is 30.3 Å². The quantitative estimate of drug-likeness (QED) is 0.556. The molecule has 1 saturated heterocycles. The van der Waals surface area contributed by atoms with E-state index in [0.29, 0.717) is 18.0 Å². The van der Waals surface area contributed by atoms with E-state index in [2.05, 4.69) is 21.2 Å². The Bertz CT molecular complexity index is 1040. The van der Waals surface area contributed by atoms with E-state index in [9.17, 15) is 14.4 Å². The molecule has 1 N–H and O–H groups in total. The largest absolute Gasteiger partial charge is 0.494 e. The van der Waals surface area contributed by atoms with E-state index in [1.807, 2.05) is 44.1 Å². The third kappa shape index (κ3) is 5.68. The summed E-state index contributed by atoms with van der Waals surface area (Å²) in [7, 11) is 3.87. The van der Waals surface area contributed by atoms with Crippen molar-refractivity contribution in [3.8, 4) is 5.75 Å². The Kier molecular flexibility index (Phi) is 7.40. The number of thioether (sulfide) groups is 1. The van der Waals surface area contributed by atoms with Crippen LogP contribution in [-0.4, -0.2) is 49.2 Å². The molecule has 1 fully saturated rings. The molecule has 31 heavy (non-hydrogen) atoms. The Hall–Kier alpha value is -2.78. The number of carbonyl (C=O) groups is 3. The fraction of sp³-hybridized carbons (Fsp3) is 0.227. The van der Waals surface area contributed by atoms with Crippen molar-refractivity contribution in [2.45, 2.75) is 6.92 Å². The topological polar surface area (TPSA) is 79.0 Å². The first-order chi connectivity index (χ1) is 14.8. The van der Waals surface area contributed by atoms with Gasteiger partial charge in [-0.25, -0.2) is 0 Å². The maximum absolute atomic E-state index is 12.7. The van der Waals surface area contributed by atoms with Crippen molar-refractivity contribution in [1.29, 1.82) is 0 Å². The van der Waals surface area contributed by atoms with Crippen LogP contribution < -0.4 is 15.0 Å². The molecular formula is C22H22BrN3O4S. The first-order valence-electron chi connectivity index (χ1n) is 9.53. The standard InChI is InChI=1S/C22H22BrN3O4S/c1-4-30-16-8-6-15(7-9-16)24-20(27)13-26-21(28)19(31-22(26)29)12-14-5-10-18(25(2)3)17(23)11-14/h5-12H,4,13H2,1-3H3,(H,24,27)/b19-12+. The lowest BCUT2D eigenvalue weighted by atomic mass is 10.2. The Balaban J connectivity index is 1.66. The summed E-state index contributed by atoms with van der Waals surface area (Å²) >= 11 is 4.34. The van der Waals surface area contributed by atoms with Gasteiger partial charge in [0.2, 0.25) is 5.91 Å². The lowest BCUT2D eigenvalue weighted by Crippen LogP contribution is -2.36. The first-order valence-corrected chi connectivity index (χ1v) is 11.1. The van der Waals surface area contributed by atoms with Gasteiger partial charge >= 0.3 is 0 Å². The van der Waals surface area contributed by atoms with E-state index in [-0.39, 0.29) is 11.4 Å².